The lowest BCUT2D eigenvalue weighted by molar-refractivity contribution is 0.671. The molecule has 0 radical (unpaired) electrons. The fourth-order valence-corrected chi connectivity index (χ4v) is 22.9. The Kier molecular flexibility index (Phi) is 17.3. The number of nitrogens with zero attached hydrogens (tertiary/aromatic N) is 11. The summed E-state index contributed by atoms with van der Waals surface area (Å²) in [6, 6.07) is 168. The Morgan fingerprint density at radius 1 is 0.183 bits per heavy atom. The Labute approximate surface area is 811 Å². The van der Waals surface area contributed by atoms with Crippen LogP contribution in [0, 0.1) is 0 Å². The first kappa shape index (κ1) is 79.0. The molecule has 12 heteroatoms. The van der Waals surface area contributed by atoms with E-state index >= 15 is 0 Å². The van der Waals surface area contributed by atoms with Crippen LogP contribution in [0.25, 0.3) is 293 Å². The molecule has 0 unspecified atom stereocenters. The van der Waals surface area contributed by atoms with Gasteiger partial charge in [-0.3, -0.25) is 9.13 Å². The Morgan fingerprint density at radius 2 is 0.585 bits per heavy atom. The van der Waals surface area contributed by atoms with Crippen molar-refractivity contribution in [2.45, 2.75) is 0 Å². The van der Waals surface area contributed by atoms with Crippen LogP contribution >= 0.6 is 0 Å². The van der Waals surface area contributed by atoms with Crippen LogP contribution < -0.4 is 0 Å². The zero-order valence-electron chi connectivity index (χ0n) is 76.3. The summed E-state index contributed by atoms with van der Waals surface area (Å²) in [6.45, 7) is 0. The maximum Gasteiger partial charge on any atom is 0.235 e. The minimum atomic E-state index is 0.525. The van der Waals surface area contributed by atoms with E-state index in [1.54, 1.807) is 0 Å². The molecule has 9 heterocycles. The Hall–Kier alpha value is -19.3. The summed E-state index contributed by atoms with van der Waals surface area (Å²) in [6.07, 6.45) is 0. The lowest BCUT2D eigenvalue weighted by atomic mass is 9.94. The highest BCUT2D eigenvalue weighted by Gasteiger charge is 2.29. The normalized spacial score (nSPS) is 12.1. The van der Waals surface area contributed by atoms with E-state index in [2.05, 4.69) is 478 Å². The van der Waals surface area contributed by atoms with Crippen molar-refractivity contribution in [2.24, 2.45) is 0 Å². The van der Waals surface area contributed by atoms with Gasteiger partial charge in [-0.15, -0.1) is 0 Å². The fourth-order valence-electron chi connectivity index (χ4n) is 22.9. The number of rotatable bonds is 13. The number of hydrogen-bond donors (Lipinski definition) is 0. The molecule has 0 N–H and O–H groups in total. The molecule has 0 saturated heterocycles. The third-order valence-corrected chi connectivity index (χ3v) is 29.3. The Balaban J connectivity index is 0.546. The molecular weight excluding hydrogens is 1730 g/mol. The molecule has 30 aromatic rings. The summed E-state index contributed by atoms with van der Waals surface area (Å²) in [4.78, 5) is 33.8. The van der Waals surface area contributed by atoms with Crippen molar-refractivity contribution in [3.63, 3.8) is 0 Å². The standard InChI is InChI=1S/C130H77N11O/c1-4-30-80(31-5-1)109-77-110(81-32-6-2-7-33-81)132-128(131-109)89-70-91(138-111-48-21-13-39-94(111)95-40-14-22-49-112(95)138)76-92(71-89)139-114-51-24-16-42-97(114)105-72-85(61-67-118(105)139)83-34-28-35-88(69-83)124-103-65-59-79-29-10-11-38-93(79)125(103)136-130(135-124)141-116-53-26-18-45-101(116)121-107-75-84(60-64-99(107)122-102-46-19-27-54-120(102)142-127(122)126(121)141)78-55-57-82(58-56-78)123-100-44-12-20-47-108(100)133-129(134-123)140-115-52-25-17-43-98(115)106-74-87(63-68-119(106)140)86-62-66-117-104(73-86)96-41-15-23-50-113(96)137(117)90-36-8-3-9-37-90/h1-77H. The number of para-hydroxylation sites is 9. The van der Waals surface area contributed by atoms with Gasteiger partial charge in [0.15, 0.2) is 11.4 Å². The lowest BCUT2D eigenvalue weighted by Gasteiger charge is -2.16. The summed E-state index contributed by atoms with van der Waals surface area (Å²) < 4.78 is 19.0. The quantitative estimate of drug-likeness (QED) is 0.106. The molecule has 0 fully saturated rings. The average Bonchev–Trinajstić information content (AvgIpc) is 1.53. The second-order valence-electron chi connectivity index (χ2n) is 37.1. The summed E-state index contributed by atoms with van der Waals surface area (Å²) in [5, 5.41) is 19.6. The molecule has 30 rings (SSSR count). The monoisotopic (exact) mass is 1810 g/mol. The zero-order valence-corrected chi connectivity index (χ0v) is 76.3. The third-order valence-electron chi connectivity index (χ3n) is 29.3. The average molecular weight is 1810 g/mol. The van der Waals surface area contributed by atoms with Crippen molar-refractivity contribution in [2.75, 3.05) is 0 Å². The maximum absolute atomic E-state index is 7.33. The molecule has 0 saturated carbocycles. The van der Waals surface area contributed by atoms with E-state index in [4.69, 9.17) is 34.3 Å². The minimum absolute atomic E-state index is 0.525. The van der Waals surface area contributed by atoms with E-state index in [-0.39, 0.29) is 0 Å². The van der Waals surface area contributed by atoms with Gasteiger partial charge < -0.3 is 18.1 Å². The van der Waals surface area contributed by atoms with Gasteiger partial charge in [-0.2, -0.15) is 0 Å². The molecule has 21 aromatic carbocycles. The van der Waals surface area contributed by atoms with Crippen LogP contribution in [-0.2, 0) is 0 Å². The van der Waals surface area contributed by atoms with Gasteiger partial charge >= 0.3 is 0 Å². The number of benzene rings is 21. The summed E-state index contributed by atoms with van der Waals surface area (Å²) in [5.41, 5.74) is 31.6. The van der Waals surface area contributed by atoms with Crippen LogP contribution in [0.3, 0.4) is 0 Å². The molecule has 9 aromatic heterocycles. The summed E-state index contributed by atoms with van der Waals surface area (Å²) in [7, 11) is 0. The molecule has 0 bridgehead atoms. The van der Waals surface area contributed by atoms with E-state index in [0.29, 0.717) is 17.7 Å². The van der Waals surface area contributed by atoms with Crippen LogP contribution in [-0.4, -0.2) is 52.7 Å². The second-order valence-corrected chi connectivity index (χ2v) is 37.1. The van der Waals surface area contributed by atoms with Crippen molar-refractivity contribution in [1.29, 1.82) is 0 Å². The molecule has 0 atom stereocenters. The van der Waals surface area contributed by atoms with Crippen molar-refractivity contribution in [3.05, 3.63) is 467 Å². The van der Waals surface area contributed by atoms with Crippen molar-refractivity contribution >= 4 is 174 Å². The van der Waals surface area contributed by atoms with Crippen molar-refractivity contribution in [1.82, 2.24) is 52.7 Å². The lowest BCUT2D eigenvalue weighted by Crippen LogP contribution is -2.04. The van der Waals surface area contributed by atoms with Gasteiger partial charge in [0, 0.05) is 126 Å². The Bertz CT molecular complexity index is 10500. The van der Waals surface area contributed by atoms with E-state index in [1.807, 2.05) is 12.1 Å². The van der Waals surface area contributed by atoms with Crippen LogP contribution in [0.5, 0.6) is 0 Å². The topological polar surface area (TPSA) is 115 Å². The highest BCUT2D eigenvalue weighted by Crippen LogP contribution is 2.50. The smallest absolute Gasteiger partial charge is 0.235 e. The molecule has 658 valence electrons. The van der Waals surface area contributed by atoms with Gasteiger partial charge in [0.2, 0.25) is 11.9 Å². The molecule has 0 aliphatic rings. The second kappa shape index (κ2) is 31.1. The highest BCUT2D eigenvalue weighted by molar-refractivity contribution is 6.35. The van der Waals surface area contributed by atoms with E-state index in [1.165, 1.54) is 32.6 Å². The first-order chi connectivity index (χ1) is 70.4. The third kappa shape index (κ3) is 12.2. The van der Waals surface area contributed by atoms with Gasteiger partial charge in [-0.1, -0.05) is 328 Å². The summed E-state index contributed by atoms with van der Waals surface area (Å²) >= 11 is 0. The van der Waals surface area contributed by atoms with Gasteiger partial charge in [0.25, 0.3) is 0 Å². The van der Waals surface area contributed by atoms with Gasteiger partial charge in [0.1, 0.15) is 11.1 Å². The Morgan fingerprint density at radius 3 is 1.18 bits per heavy atom. The van der Waals surface area contributed by atoms with Crippen LogP contribution in [0.2, 0.25) is 0 Å². The van der Waals surface area contributed by atoms with E-state index in [9.17, 15) is 0 Å². The SMILES string of the molecule is c1ccc(-c2cc(-c3ccccc3)nc(-c3cc(-n4c5ccccc5c5ccccc54)cc(-n4c5ccccc5c5cc(-c6cccc(-c7nc(-n8c9ccccc9c9c%10cc(-c%11ccc(-c%12nc(-n%13c%14ccccc%14c%14cc(-c%15ccc%16c(c%15)c%15ccccc%15n%16-c%15ccccc%15)ccc%14%13)nc%13ccccc%12%13)cc%11)ccc%10c%10c%11ccccc%11oc%10c98)nc8c7ccc7ccccc78)c6)ccc54)c3)n2)cc1. The number of hydrogen-bond acceptors (Lipinski definition) is 7. The number of aromatic nitrogens is 11. The molecule has 0 aliphatic heterocycles. The predicted molar refractivity (Wildman–Crippen MR) is 586 cm³/mol. The van der Waals surface area contributed by atoms with E-state index in [0.717, 1.165) is 243 Å². The highest BCUT2D eigenvalue weighted by atomic mass is 16.3. The maximum atomic E-state index is 7.33. The number of furan rings is 1. The molecule has 0 spiro atoms. The van der Waals surface area contributed by atoms with Crippen LogP contribution in [0.4, 0.5) is 0 Å². The first-order valence-electron chi connectivity index (χ1n) is 48.2. The van der Waals surface area contributed by atoms with Crippen molar-refractivity contribution in [3.8, 4) is 119 Å². The zero-order chi connectivity index (χ0) is 92.9. The molecule has 142 heavy (non-hydrogen) atoms. The van der Waals surface area contributed by atoms with Crippen molar-refractivity contribution < 1.29 is 4.42 Å². The first-order valence-corrected chi connectivity index (χ1v) is 48.2. The fraction of sp³-hybridized carbons (Fsp3) is 0. The van der Waals surface area contributed by atoms with E-state index < -0.39 is 0 Å². The van der Waals surface area contributed by atoms with Crippen LogP contribution in [0.1, 0.15) is 0 Å². The van der Waals surface area contributed by atoms with Gasteiger partial charge in [-0.25, -0.2) is 29.9 Å². The number of fused-ring (bicyclic) bond motifs is 26. The van der Waals surface area contributed by atoms with Gasteiger partial charge in [-0.05, 0) is 189 Å². The van der Waals surface area contributed by atoms with Crippen LogP contribution in [0.15, 0.2) is 472 Å². The molecule has 12 nitrogen and oxygen atoms in total. The van der Waals surface area contributed by atoms with Gasteiger partial charge in [0.05, 0.1) is 83.5 Å². The molecule has 0 amide bonds. The predicted octanol–water partition coefficient (Wildman–Crippen LogP) is 33.4. The molecule has 0 aliphatic carbocycles. The largest absolute Gasteiger partial charge is 0.454 e. The molecular formula is C130H77N11O. The minimum Gasteiger partial charge on any atom is -0.454 e. The summed E-state index contributed by atoms with van der Waals surface area (Å²) in [5.74, 6) is 1.75.